The maximum Gasteiger partial charge on any atom is 0.262 e. The molecule has 1 aromatic heterocycles. The Morgan fingerprint density at radius 1 is 1.10 bits per heavy atom. The molecule has 2 aromatic carbocycles. The molecule has 3 aromatic rings. The standard InChI is InChI=1S/C24H27N3O2S/c1-2-19-12-8-9-15-26(19)22(28)17-30-24-25-21-14-7-6-13-20(21)23(29)27(24)16-18-10-4-3-5-11-18/h3-7,10-11,13-14,19H,2,8-9,12,15-17H2,1H3. The van der Waals surface area contributed by atoms with Crippen LogP contribution >= 0.6 is 11.8 Å². The van der Waals surface area contributed by atoms with E-state index in [0.717, 1.165) is 31.4 Å². The summed E-state index contributed by atoms with van der Waals surface area (Å²) >= 11 is 1.37. The normalized spacial score (nSPS) is 16.7. The number of nitrogens with zero attached hydrogens (tertiary/aromatic N) is 3. The maximum atomic E-state index is 13.2. The van der Waals surface area contributed by atoms with Crippen LogP contribution in [-0.2, 0) is 11.3 Å². The largest absolute Gasteiger partial charge is 0.339 e. The summed E-state index contributed by atoms with van der Waals surface area (Å²) in [5.41, 5.74) is 1.64. The van der Waals surface area contributed by atoms with E-state index in [0.29, 0.717) is 34.4 Å². The summed E-state index contributed by atoms with van der Waals surface area (Å²) in [6, 6.07) is 17.6. The number of carbonyl (C=O) groups is 1. The minimum absolute atomic E-state index is 0.0659. The minimum Gasteiger partial charge on any atom is -0.339 e. The van der Waals surface area contributed by atoms with Crippen molar-refractivity contribution in [3.8, 4) is 0 Å². The van der Waals surface area contributed by atoms with Gasteiger partial charge >= 0.3 is 0 Å². The Morgan fingerprint density at radius 2 is 1.87 bits per heavy atom. The summed E-state index contributed by atoms with van der Waals surface area (Å²) in [7, 11) is 0. The number of rotatable bonds is 6. The van der Waals surface area contributed by atoms with Gasteiger partial charge in [0.1, 0.15) is 0 Å². The van der Waals surface area contributed by atoms with Gasteiger partial charge in [-0.1, -0.05) is 61.2 Å². The second kappa shape index (κ2) is 9.47. The first-order valence-electron chi connectivity index (χ1n) is 10.6. The Kier molecular flexibility index (Phi) is 6.53. The van der Waals surface area contributed by atoms with Gasteiger partial charge < -0.3 is 4.90 Å². The van der Waals surface area contributed by atoms with E-state index in [9.17, 15) is 9.59 Å². The van der Waals surface area contributed by atoms with Gasteiger partial charge in [-0.05, 0) is 43.4 Å². The zero-order valence-corrected chi connectivity index (χ0v) is 18.1. The van der Waals surface area contributed by atoms with Gasteiger partial charge in [0.2, 0.25) is 5.91 Å². The molecule has 1 aliphatic rings. The van der Waals surface area contributed by atoms with Gasteiger partial charge in [-0.25, -0.2) is 4.98 Å². The van der Waals surface area contributed by atoms with E-state index >= 15 is 0 Å². The van der Waals surface area contributed by atoms with Crippen molar-refractivity contribution in [2.45, 2.75) is 50.4 Å². The molecular weight excluding hydrogens is 394 g/mol. The van der Waals surface area contributed by atoms with Gasteiger partial charge in [-0.15, -0.1) is 0 Å². The lowest BCUT2D eigenvalue weighted by atomic mass is 10.0. The zero-order valence-electron chi connectivity index (χ0n) is 17.3. The number of carbonyl (C=O) groups excluding carboxylic acids is 1. The van der Waals surface area contributed by atoms with Gasteiger partial charge in [-0.2, -0.15) is 0 Å². The summed E-state index contributed by atoms with van der Waals surface area (Å²) in [5, 5.41) is 1.20. The molecular formula is C24H27N3O2S. The van der Waals surface area contributed by atoms with Crippen molar-refractivity contribution in [3.05, 3.63) is 70.5 Å². The third-order valence-corrected chi connectivity index (χ3v) is 6.71. The Hall–Kier alpha value is -2.60. The molecule has 0 N–H and O–H groups in total. The van der Waals surface area contributed by atoms with Crippen LogP contribution in [0.1, 0.15) is 38.2 Å². The average molecular weight is 422 g/mol. The third-order valence-electron chi connectivity index (χ3n) is 5.75. The summed E-state index contributed by atoms with van der Waals surface area (Å²) in [6.07, 6.45) is 4.33. The van der Waals surface area contributed by atoms with Crippen LogP contribution in [0.25, 0.3) is 10.9 Å². The molecule has 0 saturated carbocycles. The Bertz CT molecular complexity index is 1080. The Balaban J connectivity index is 1.62. The number of aromatic nitrogens is 2. The second-order valence-electron chi connectivity index (χ2n) is 7.72. The van der Waals surface area contributed by atoms with Crippen LogP contribution in [0.15, 0.2) is 64.5 Å². The molecule has 0 aliphatic carbocycles. The maximum absolute atomic E-state index is 13.2. The monoisotopic (exact) mass is 421 g/mol. The second-order valence-corrected chi connectivity index (χ2v) is 8.66. The molecule has 1 unspecified atom stereocenters. The van der Waals surface area contributed by atoms with Crippen molar-refractivity contribution in [1.29, 1.82) is 0 Å². The zero-order chi connectivity index (χ0) is 20.9. The van der Waals surface area contributed by atoms with Crippen LogP contribution in [0.2, 0.25) is 0 Å². The van der Waals surface area contributed by atoms with Gasteiger partial charge in [0.05, 0.1) is 23.2 Å². The fourth-order valence-corrected chi connectivity index (χ4v) is 5.01. The first kappa shape index (κ1) is 20.7. The number of likely N-dealkylation sites (tertiary alicyclic amines) is 1. The number of benzene rings is 2. The number of piperidine rings is 1. The lowest BCUT2D eigenvalue weighted by Crippen LogP contribution is -2.44. The summed E-state index contributed by atoms with van der Waals surface area (Å²) in [5.74, 6) is 0.441. The number of hydrogen-bond donors (Lipinski definition) is 0. The van der Waals surface area contributed by atoms with Gasteiger partial charge in [0.25, 0.3) is 5.56 Å². The van der Waals surface area contributed by atoms with E-state index in [1.807, 2.05) is 59.5 Å². The van der Waals surface area contributed by atoms with Crippen molar-refractivity contribution in [2.24, 2.45) is 0 Å². The minimum atomic E-state index is -0.0659. The molecule has 5 nitrogen and oxygen atoms in total. The molecule has 0 radical (unpaired) electrons. The number of thioether (sulfide) groups is 1. The number of hydrogen-bond acceptors (Lipinski definition) is 4. The average Bonchev–Trinajstić information content (AvgIpc) is 2.80. The molecule has 4 rings (SSSR count). The number of fused-ring (bicyclic) bond motifs is 1. The highest BCUT2D eigenvalue weighted by Crippen LogP contribution is 2.23. The van der Waals surface area contributed by atoms with Gasteiger partial charge in [0, 0.05) is 12.6 Å². The van der Waals surface area contributed by atoms with Crippen LogP contribution in [0.4, 0.5) is 0 Å². The van der Waals surface area contributed by atoms with E-state index < -0.39 is 0 Å². The molecule has 6 heteroatoms. The van der Waals surface area contributed by atoms with Crippen LogP contribution in [0, 0.1) is 0 Å². The van der Waals surface area contributed by atoms with E-state index in [1.165, 1.54) is 18.2 Å². The molecule has 0 spiro atoms. The fourth-order valence-electron chi connectivity index (χ4n) is 4.13. The first-order chi connectivity index (χ1) is 14.7. The van der Waals surface area contributed by atoms with Crippen LogP contribution in [-0.4, -0.2) is 38.7 Å². The van der Waals surface area contributed by atoms with Gasteiger partial charge in [0.15, 0.2) is 5.16 Å². The molecule has 30 heavy (non-hydrogen) atoms. The number of amides is 1. The van der Waals surface area contributed by atoms with Crippen LogP contribution in [0.5, 0.6) is 0 Å². The van der Waals surface area contributed by atoms with Crippen molar-refractivity contribution in [3.63, 3.8) is 0 Å². The van der Waals surface area contributed by atoms with Crippen molar-refractivity contribution in [2.75, 3.05) is 12.3 Å². The predicted molar refractivity (Wildman–Crippen MR) is 122 cm³/mol. The first-order valence-corrected chi connectivity index (χ1v) is 11.6. The fraction of sp³-hybridized carbons (Fsp3) is 0.375. The van der Waals surface area contributed by atoms with Crippen molar-refractivity contribution < 1.29 is 4.79 Å². The highest BCUT2D eigenvalue weighted by molar-refractivity contribution is 7.99. The van der Waals surface area contributed by atoms with Crippen LogP contribution < -0.4 is 5.56 Å². The molecule has 1 fully saturated rings. The van der Waals surface area contributed by atoms with E-state index in [-0.39, 0.29) is 11.5 Å². The van der Waals surface area contributed by atoms with E-state index in [4.69, 9.17) is 4.98 Å². The van der Waals surface area contributed by atoms with Gasteiger partial charge in [-0.3, -0.25) is 14.2 Å². The summed E-state index contributed by atoms with van der Waals surface area (Å²) in [6.45, 7) is 3.42. The number of para-hydroxylation sites is 1. The van der Waals surface area contributed by atoms with E-state index in [2.05, 4.69) is 6.92 Å². The molecule has 1 amide bonds. The SMILES string of the molecule is CCC1CCCCN1C(=O)CSc1nc2ccccc2c(=O)n1Cc1ccccc1. The predicted octanol–water partition coefficient (Wildman–Crippen LogP) is 4.33. The van der Waals surface area contributed by atoms with Crippen LogP contribution in [0.3, 0.4) is 0 Å². The molecule has 1 aliphatic heterocycles. The summed E-state index contributed by atoms with van der Waals surface area (Å²) in [4.78, 5) is 32.9. The smallest absolute Gasteiger partial charge is 0.262 e. The molecule has 1 atom stereocenters. The molecule has 156 valence electrons. The molecule has 1 saturated heterocycles. The Labute approximate surface area is 181 Å². The van der Waals surface area contributed by atoms with Crippen molar-refractivity contribution >= 4 is 28.6 Å². The molecule has 2 heterocycles. The summed E-state index contributed by atoms with van der Waals surface area (Å²) < 4.78 is 1.70. The topological polar surface area (TPSA) is 55.2 Å². The third kappa shape index (κ3) is 4.43. The highest BCUT2D eigenvalue weighted by Gasteiger charge is 2.25. The van der Waals surface area contributed by atoms with Crippen molar-refractivity contribution in [1.82, 2.24) is 14.5 Å². The molecule has 0 bridgehead atoms. The lowest BCUT2D eigenvalue weighted by molar-refractivity contribution is -0.132. The Morgan fingerprint density at radius 3 is 2.67 bits per heavy atom. The highest BCUT2D eigenvalue weighted by atomic mass is 32.2. The lowest BCUT2D eigenvalue weighted by Gasteiger charge is -2.35. The van der Waals surface area contributed by atoms with E-state index in [1.54, 1.807) is 4.57 Å². The quantitative estimate of drug-likeness (QED) is 0.439.